The van der Waals surface area contributed by atoms with Crippen LogP contribution in [0, 0.1) is 5.41 Å². The third-order valence-corrected chi connectivity index (χ3v) is 5.89. The molecule has 3 nitrogen and oxygen atoms in total. The lowest BCUT2D eigenvalue weighted by atomic mass is 9.93. The van der Waals surface area contributed by atoms with Crippen molar-refractivity contribution in [2.45, 2.75) is 64.5 Å². The highest BCUT2D eigenvalue weighted by Crippen LogP contribution is 2.45. The van der Waals surface area contributed by atoms with Gasteiger partial charge in [-0.05, 0) is 37.5 Å². The van der Waals surface area contributed by atoms with Crippen LogP contribution in [-0.4, -0.2) is 24.1 Å². The Bertz CT molecular complexity index is 500. The molecule has 1 N–H and O–H groups in total. The summed E-state index contributed by atoms with van der Waals surface area (Å²) in [4.78, 5) is 9.05. The van der Waals surface area contributed by atoms with E-state index in [0.717, 1.165) is 18.5 Å². The Morgan fingerprint density at radius 3 is 2.70 bits per heavy atom. The van der Waals surface area contributed by atoms with Crippen LogP contribution in [0.2, 0.25) is 0 Å². The summed E-state index contributed by atoms with van der Waals surface area (Å²) in [6, 6.07) is 0.790. The zero-order chi connectivity index (χ0) is 13.7. The van der Waals surface area contributed by atoms with E-state index in [2.05, 4.69) is 24.1 Å². The van der Waals surface area contributed by atoms with Gasteiger partial charge >= 0.3 is 0 Å². The van der Waals surface area contributed by atoms with Crippen LogP contribution >= 0.6 is 11.3 Å². The molecule has 1 aromatic rings. The molecule has 2 heterocycles. The van der Waals surface area contributed by atoms with Gasteiger partial charge in [0.25, 0.3) is 0 Å². The molecule has 2 saturated carbocycles. The van der Waals surface area contributed by atoms with Crippen LogP contribution in [0.15, 0.2) is 0 Å². The van der Waals surface area contributed by atoms with Gasteiger partial charge in [0.15, 0.2) is 5.13 Å². The Morgan fingerprint density at radius 1 is 1.30 bits per heavy atom. The van der Waals surface area contributed by atoms with Gasteiger partial charge in [0.2, 0.25) is 0 Å². The lowest BCUT2D eigenvalue weighted by molar-refractivity contribution is 0.418. The third kappa shape index (κ3) is 2.73. The number of thiazole rings is 1. The van der Waals surface area contributed by atoms with Gasteiger partial charge in [-0.3, -0.25) is 0 Å². The molecule has 20 heavy (non-hydrogen) atoms. The highest BCUT2D eigenvalue weighted by atomic mass is 32.1. The van der Waals surface area contributed by atoms with Crippen molar-refractivity contribution in [1.29, 1.82) is 0 Å². The molecule has 1 aromatic heterocycles. The number of hydrogen-bond donors (Lipinski definition) is 1. The van der Waals surface area contributed by atoms with Gasteiger partial charge in [0.1, 0.15) is 0 Å². The van der Waals surface area contributed by atoms with Crippen molar-refractivity contribution >= 4 is 16.5 Å². The smallest absolute Gasteiger partial charge is 0.185 e. The monoisotopic (exact) mass is 291 g/mol. The van der Waals surface area contributed by atoms with E-state index >= 15 is 0 Å². The average molecular weight is 291 g/mol. The summed E-state index contributed by atoms with van der Waals surface area (Å²) in [6.07, 6.45) is 6.73. The van der Waals surface area contributed by atoms with E-state index < -0.39 is 0 Å². The molecule has 0 bridgehead atoms. The van der Waals surface area contributed by atoms with Crippen LogP contribution in [0.1, 0.15) is 62.4 Å². The number of anilines is 1. The Labute approximate surface area is 125 Å². The minimum atomic E-state index is 0.456. The second-order valence-electron chi connectivity index (χ2n) is 7.57. The van der Waals surface area contributed by atoms with Crippen molar-refractivity contribution < 1.29 is 0 Å². The van der Waals surface area contributed by atoms with Crippen molar-refractivity contribution in [3.8, 4) is 0 Å². The minimum Gasteiger partial charge on any atom is -0.348 e. The van der Waals surface area contributed by atoms with Crippen molar-refractivity contribution in [2.75, 3.05) is 18.0 Å². The molecular weight excluding hydrogens is 266 g/mol. The summed E-state index contributed by atoms with van der Waals surface area (Å²) in [7, 11) is 0. The average Bonchev–Trinajstić information content (AvgIpc) is 3.32. The third-order valence-electron chi connectivity index (χ3n) is 4.76. The minimum absolute atomic E-state index is 0.456. The zero-order valence-electron chi connectivity index (χ0n) is 12.6. The molecule has 0 radical (unpaired) electrons. The van der Waals surface area contributed by atoms with Crippen molar-refractivity contribution in [3.05, 3.63) is 10.6 Å². The van der Waals surface area contributed by atoms with E-state index in [0.29, 0.717) is 5.41 Å². The molecule has 110 valence electrons. The second-order valence-corrected chi connectivity index (χ2v) is 8.63. The number of rotatable bonds is 5. The molecule has 2 aliphatic carbocycles. The topological polar surface area (TPSA) is 28.2 Å². The summed E-state index contributed by atoms with van der Waals surface area (Å²) in [5.74, 6) is 0.770. The van der Waals surface area contributed by atoms with E-state index in [4.69, 9.17) is 4.98 Å². The summed E-state index contributed by atoms with van der Waals surface area (Å²) >= 11 is 1.95. The lowest BCUT2D eigenvalue weighted by Gasteiger charge is -2.18. The van der Waals surface area contributed by atoms with Crippen LogP contribution < -0.4 is 10.2 Å². The molecule has 0 unspecified atom stereocenters. The first-order chi connectivity index (χ1) is 9.61. The largest absolute Gasteiger partial charge is 0.348 e. The van der Waals surface area contributed by atoms with Crippen LogP contribution in [0.4, 0.5) is 5.13 Å². The highest BCUT2D eigenvalue weighted by molar-refractivity contribution is 7.15. The maximum atomic E-state index is 5.02. The fourth-order valence-corrected chi connectivity index (χ4v) is 4.21. The van der Waals surface area contributed by atoms with E-state index in [-0.39, 0.29) is 0 Å². The normalized spacial score (nSPS) is 25.4. The first kappa shape index (κ1) is 13.1. The summed E-state index contributed by atoms with van der Waals surface area (Å²) in [6.45, 7) is 8.14. The van der Waals surface area contributed by atoms with Gasteiger partial charge in [-0.1, -0.05) is 13.8 Å². The number of nitrogens with one attached hydrogen (secondary N) is 1. The van der Waals surface area contributed by atoms with Crippen molar-refractivity contribution in [1.82, 2.24) is 10.3 Å². The number of aromatic nitrogens is 1. The van der Waals surface area contributed by atoms with Gasteiger partial charge in [-0.2, -0.15) is 0 Å². The van der Waals surface area contributed by atoms with E-state index in [1.807, 2.05) is 11.3 Å². The second kappa shape index (κ2) is 4.70. The Morgan fingerprint density at radius 2 is 2.10 bits per heavy atom. The summed E-state index contributed by atoms with van der Waals surface area (Å²) < 4.78 is 0. The molecule has 4 heteroatoms. The molecule has 0 atom stereocenters. The van der Waals surface area contributed by atoms with Gasteiger partial charge in [0, 0.05) is 36.5 Å². The van der Waals surface area contributed by atoms with Crippen LogP contribution in [0.3, 0.4) is 0 Å². The molecule has 3 aliphatic rings. The molecule has 1 saturated heterocycles. The Hall–Kier alpha value is -0.610. The summed E-state index contributed by atoms with van der Waals surface area (Å²) in [5, 5.41) is 4.95. The predicted molar refractivity (Wildman–Crippen MR) is 84.6 cm³/mol. The molecular formula is C16H25N3S. The van der Waals surface area contributed by atoms with Gasteiger partial charge < -0.3 is 10.2 Å². The highest BCUT2D eigenvalue weighted by Gasteiger charge is 2.34. The fraction of sp³-hybridized carbons (Fsp3) is 0.812. The quantitative estimate of drug-likeness (QED) is 0.900. The first-order valence-electron chi connectivity index (χ1n) is 8.09. The molecule has 0 spiro atoms. The Balaban J connectivity index is 1.52. The van der Waals surface area contributed by atoms with E-state index in [1.165, 1.54) is 60.9 Å². The van der Waals surface area contributed by atoms with Crippen molar-refractivity contribution in [2.24, 2.45) is 5.41 Å². The maximum absolute atomic E-state index is 5.02. The molecule has 0 amide bonds. The number of hydrogen-bond acceptors (Lipinski definition) is 4. The van der Waals surface area contributed by atoms with Crippen LogP contribution in [0.25, 0.3) is 0 Å². The standard InChI is InChI=1S/C16H25N3S/c1-16(2)7-8-19(10-16)15-18-14(11-3-4-11)13(20-15)9-17-12-5-6-12/h11-12,17H,3-10H2,1-2H3. The van der Waals surface area contributed by atoms with Crippen molar-refractivity contribution in [3.63, 3.8) is 0 Å². The first-order valence-corrected chi connectivity index (χ1v) is 8.90. The van der Waals surface area contributed by atoms with Crippen LogP contribution in [-0.2, 0) is 6.54 Å². The van der Waals surface area contributed by atoms with Gasteiger partial charge in [0.05, 0.1) is 5.69 Å². The van der Waals surface area contributed by atoms with E-state index in [1.54, 1.807) is 0 Å². The van der Waals surface area contributed by atoms with Gasteiger partial charge in [-0.25, -0.2) is 4.98 Å². The molecule has 4 rings (SSSR count). The Kier molecular flexibility index (Phi) is 3.08. The zero-order valence-corrected chi connectivity index (χ0v) is 13.4. The molecule has 0 aromatic carbocycles. The maximum Gasteiger partial charge on any atom is 0.185 e. The SMILES string of the molecule is CC1(C)CCN(c2nc(C3CC3)c(CNC3CC3)s2)C1. The molecule has 1 aliphatic heterocycles. The summed E-state index contributed by atoms with van der Waals surface area (Å²) in [5.41, 5.74) is 1.88. The van der Waals surface area contributed by atoms with Gasteiger partial charge in [-0.15, -0.1) is 11.3 Å². The molecule has 3 fully saturated rings. The van der Waals surface area contributed by atoms with Crippen LogP contribution in [0.5, 0.6) is 0 Å². The number of nitrogens with zero attached hydrogens (tertiary/aromatic N) is 2. The predicted octanol–water partition coefficient (Wildman–Crippen LogP) is 3.51. The lowest BCUT2D eigenvalue weighted by Crippen LogP contribution is -2.22. The van der Waals surface area contributed by atoms with E-state index in [9.17, 15) is 0 Å². The fourth-order valence-electron chi connectivity index (χ4n) is 3.09.